The number of aromatic nitrogens is 1. The molecule has 1 unspecified atom stereocenters. The number of H-pyrrole nitrogens is 1. The van der Waals surface area contributed by atoms with Crippen molar-refractivity contribution >= 4 is 28.1 Å². The molecule has 3 heterocycles. The molecule has 0 saturated carbocycles. The average Bonchev–Trinajstić information content (AvgIpc) is 3.44. The number of carbonyl (C=O) groups is 1. The normalized spacial score (nSPS) is 13.9. The quantitative estimate of drug-likeness (QED) is 0.512. The summed E-state index contributed by atoms with van der Waals surface area (Å²) in [5, 5.41) is 6.35. The largest absolute Gasteiger partial charge is 0.486 e. The first-order valence-corrected chi connectivity index (χ1v) is 10.4. The third kappa shape index (κ3) is 3.47. The summed E-state index contributed by atoms with van der Waals surface area (Å²) in [6.45, 7) is 1.54. The zero-order valence-corrected chi connectivity index (χ0v) is 16.5. The van der Waals surface area contributed by atoms with Crippen LogP contribution in [0, 0.1) is 0 Å². The molecule has 5 nitrogen and oxygen atoms in total. The Morgan fingerprint density at radius 2 is 1.93 bits per heavy atom. The van der Waals surface area contributed by atoms with Gasteiger partial charge in [0.1, 0.15) is 13.2 Å². The summed E-state index contributed by atoms with van der Waals surface area (Å²) in [6.07, 6.45) is 2.05. The van der Waals surface area contributed by atoms with Crippen LogP contribution in [0.25, 0.3) is 10.9 Å². The standard InChI is InChI=1S/C23H20N2O3S/c26-23(15-7-8-20-21(12-15)28-10-9-27-20)25-14-18(22-6-3-11-29-22)17-13-24-19-5-2-1-4-16(17)19/h1-8,11-13,18,24H,9-10,14H2,(H,25,26). The molecule has 1 aliphatic heterocycles. The Hall–Kier alpha value is -3.25. The molecule has 0 spiro atoms. The Morgan fingerprint density at radius 1 is 1.07 bits per heavy atom. The van der Waals surface area contributed by atoms with E-state index in [-0.39, 0.29) is 11.8 Å². The molecular formula is C23H20N2O3S. The number of hydrogen-bond donors (Lipinski definition) is 2. The number of para-hydroxylation sites is 1. The minimum Gasteiger partial charge on any atom is -0.486 e. The molecule has 0 aliphatic carbocycles. The first-order valence-electron chi connectivity index (χ1n) is 9.57. The fraction of sp³-hybridized carbons (Fsp3) is 0.174. The van der Waals surface area contributed by atoms with E-state index >= 15 is 0 Å². The van der Waals surface area contributed by atoms with Crippen LogP contribution in [-0.2, 0) is 0 Å². The van der Waals surface area contributed by atoms with Crippen LogP contribution in [0.1, 0.15) is 26.7 Å². The smallest absolute Gasteiger partial charge is 0.251 e. The van der Waals surface area contributed by atoms with Crippen LogP contribution in [0.4, 0.5) is 0 Å². The van der Waals surface area contributed by atoms with Gasteiger partial charge in [-0.1, -0.05) is 24.3 Å². The van der Waals surface area contributed by atoms with Crippen LogP contribution < -0.4 is 14.8 Å². The van der Waals surface area contributed by atoms with Crippen molar-refractivity contribution in [1.29, 1.82) is 0 Å². The van der Waals surface area contributed by atoms with Crippen molar-refractivity contribution in [2.24, 2.45) is 0 Å². The van der Waals surface area contributed by atoms with Gasteiger partial charge in [-0.2, -0.15) is 0 Å². The molecule has 29 heavy (non-hydrogen) atoms. The second kappa shape index (κ2) is 7.64. The first kappa shape index (κ1) is 17.8. The zero-order chi connectivity index (χ0) is 19.6. The number of fused-ring (bicyclic) bond motifs is 2. The molecule has 1 amide bonds. The Morgan fingerprint density at radius 3 is 2.79 bits per heavy atom. The third-order valence-corrected chi connectivity index (χ3v) is 6.14. The highest BCUT2D eigenvalue weighted by Gasteiger charge is 2.21. The van der Waals surface area contributed by atoms with Gasteiger partial charge in [-0.25, -0.2) is 0 Å². The number of rotatable bonds is 5. The lowest BCUT2D eigenvalue weighted by Crippen LogP contribution is -2.28. The fourth-order valence-corrected chi connectivity index (χ4v) is 4.56. The molecule has 146 valence electrons. The number of carbonyl (C=O) groups excluding carboxylic acids is 1. The van der Waals surface area contributed by atoms with Crippen LogP contribution in [0.2, 0.25) is 0 Å². The van der Waals surface area contributed by atoms with Crippen LogP contribution in [0.5, 0.6) is 11.5 Å². The Labute approximate surface area is 172 Å². The van der Waals surface area contributed by atoms with Crippen molar-refractivity contribution in [2.75, 3.05) is 19.8 Å². The number of hydrogen-bond acceptors (Lipinski definition) is 4. The lowest BCUT2D eigenvalue weighted by atomic mass is 9.96. The van der Waals surface area contributed by atoms with Crippen LogP contribution in [-0.4, -0.2) is 30.6 Å². The van der Waals surface area contributed by atoms with Gasteiger partial charge < -0.3 is 19.8 Å². The molecule has 2 aromatic carbocycles. The number of amides is 1. The number of ether oxygens (including phenoxy) is 2. The Bertz CT molecular complexity index is 1150. The number of thiophene rings is 1. The van der Waals surface area contributed by atoms with Gasteiger partial charge >= 0.3 is 0 Å². The summed E-state index contributed by atoms with van der Waals surface area (Å²) in [5.41, 5.74) is 2.85. The molecule has 0 radical (unpaired) electrons. The minimum absolute atomic E-state index is 0.0762. The maximum Gasteiger partial charge on any atom is 0.251 e. The zero-order valence-electron chi connectivity index (χ0n) is 15.7. The van der Waals surface area contributed by atoms with Crippen LogP contribution >= 0.6 is 11.3 Å². The summed E-state index contributed by atoms with van der Waals surface area (Å²) in [7, 11) is 0. The number of aromatic amines is 1. The van der Waals surface area contributed by atoms with E-state index in [2.05, 4.69) is 33.9 Å². The Balaban J connectivity index is 1.39. The molecule has 4 aromatic rings. The van der Waals surface area contributed by atoms with Gasteiger partial charge in [-0.3, -0.25) is 4.79 Å². The molecule has 1 aliphatic rings. The third-order valence-electron chi connectivity index (χ3n) is 5.15. The number of benzene rings is 2. The van der Waals surface area contributed by atoms with Crippen molar-refractivity contribution < 1.29 is 14.3 Å². The SMILES string of the molecule is O=C(NCC(c1cccs1)c1c[nH]c2ccccc12)c1ccc2c(c1)OCCO2. The molecule has 0 bridgehead atoms. The maximum atomic E-state index is 12.8. The molecule has 5 rings (SSSR count). The first-order chi connectivity index (χ1) is 14.3. The highest BCUT2D eigenvalue weighted by Crippen LogP contribution is 2.33. The summed E-state index contributed by atoms with van der Waals surface area (Å²) >= 11 is 1.70. The number of nitrogens with one attached hydrogen (secondary N) is 2. The van der Waals surface area contributed by atoms with E-state index in [0.717, 1.165) is 5.52 Å². The monoisotopic (exact) mass is 404 g/mol. The van der Waals surface area contributed by atoms with Gasteiger partial charge in [0, 0.05) is 40.0 Å². The highest BCUT2D eigenvalue weighted by atomic mass is 32.1. The van der Waals surface area contributed by atoms with Gasteiger partial charge in [-0.05, 0) is 41.3 Å². The van der Waals surface area contributed by atoms with Gasteiger partial charge in [0.2, 0.25) is 0 Å². The molecule has 1 atom stereocenters. The fourth-order valence-electron chi connectivity index (χ4n) is 3.72. The van der Waals surface area contributed by atoms with Gasteiger partial charge in [0.15, 0.2) is 11.5 Å². The molecule has 0 fully saturated rings. The molecule has 0 saturated heterocycles. The van der Waals surface area contributed by atoms with Crippen molar-refractivity contribution in [3.63, 3.8) is 0 Å². The molecule has 2 aromatic heterocycles. The van der Waals surface area contributed by atoms with E-state index in [1.165, 1.54) is 15.8 Å². The van der Waals surface area contributed by atoms with E-state index in [0.29, 0.717) is 36.8 Å². The van der Waals surface area contributed by atoms with E-state index in [9.17, 15) is 4.79 Å². The van der Waals surface area contributed by atoms with Crippen molar-refractivity contribution in [3.8, 4) is 11.5 Å². The summed E-state index contributed by atoms with van der Waals surface area (Å²) in [5.74, 6) is 1.26. The molecular weight excluding hydrogens is 384 g/mol. The van der Waals surface area contributed by atoms with E-state index in [4.69, 9.17) is 9.47 Å². The van der Waals surface area contributed by atoms with Crippen LogP contribution in [0.3, 0.4) is 0 Å². The summed E-state index contributed by atoms with van der Waals surface area (Å²) in [6, 6.07) is 17.7. The topological polar surface area (TPSA) is 63.4 Å². The van der Waals surface area contributed by atoms with Crippen molar-refractivity contribution in [2.45, 2.75) is 5.92 Å². The lowest BCUT2D eigenvalue weighted by Gasteiger charge is -2.19. The lowest BCUT2D eigenvalue weighted by molar-refractivity contribution is 0.0951. The maximum absolute atomic E-state index is 12.8. The van der Waals surface area contributed by atoms with Gasteiger partial charge in [0.05, 0.1) is 0 Å². The van der Waals surface area contributed by atoms with Crippen molar-refractivity contribution in [1.82, 2.24) is 10.3 Å². The van der Waals surface area contributed by atoms with Crippen molar-refractivity contribution in [3.05, 3.63) is 82.2 Å². The second-order valence-electron chi connectivity index (χ2n) is 6.93. The Kier molecular flexibility index (Phi) is 4.69. The summed E-state index contributed by atoms with van der Waals surface area (Å²) in [4.78, 5) is 17.4. The van der Waals surface area contributed by atoms with E-state index in [1.54, 1.807) is 29.5 Å². The second-order valence-corrected chi connectivity index (χ2v) is 7.91. The van der Waals surface area contributed by atoms with Crippen LogP contribution in [0.15, 0.2) is 66.2 Å². The van der Waals surface area contributed by atoms with E-state index in [1.807, 2.05) is 24.4 Å². The van der Waals surface area contributed by atoms with Gasteiger partial charge in [0.25, 0.3) is 5.91 Å². The minimum atomic E-state index is -0.122. The van der Waals surface area contributed by atoms with E-state index < -0.39 is 0 Å². The predicted molar refractivity (Wildman–Crippen MR) is 114 cm³/mol. The predicted octanol–water partition coefficient (Wildman–Crippen LogP) is 4.56. The summed E-state index contributed by atoms with van der Waals surface area (Å²) < 4.78 is 11.1. The molecule has 2 N–H and O–H groups in total. The molecule has 6 heteroatoms. The highest BCUT2D eigenvalue weighted by molar-refractivity contribution is 7.10. The van der Waals surface area contributed by atoms with Gasteiger partial charge in [-0.15, -0.1) is 11.3 Å². The average molecular weight is 404 g/mol.